The third-order valence-electron chi connectivity index (χ3n) is 5.17. The normalized spacial score (nSPS) is 16.3. The minimum absolute atomic E-state index is 1.16. The molecule has 2 aromatic carbocycles. The second-order valence-electron chi connectivity index (χ2n) is 7.56. The van der Waals surface area contributed by atoms with Gasteiger partial charge in [0.2, 0.25) is 0 Å². The highest BCUT2D eigenvalue weighted by molar-refractivity contribution is 9.72. The van der Waals surface area contributed by atoms with Crippen LogP contribution in [0.5, 0.6) is 0 Å². The molecule has 2 aromatic rings. The van der Waals surface area contributed by atoms with Crippen LogP contribution in [-0.2, 0) is 0 Å². The van der Waals surface area contributed by atoms with Crippen molar-refractivity contribution in [3.63, 3.8) is 0 Å². The summed E-state index contributed by atoms with van der Waals surface area (Å²) in [6.07, 6.45) is 2.27. The molecule has 0 radical (unpaired) electrons. The summed E-state index contributed by atoms with van der Waals surface area (Å²) in [6, 6.07) is 12.9. The number of hydrogen-bond acceptors (Lipinski definition) is 2. The first kappa shape index (κ1) is 25.0. The van der Waals surface area contributed by atoms with E-state index in [1.165, 1.54) is 39.3 Å². The van der Waals surface area contributed by atoms with Crippen LogP contribution in [0.25, 0.3) is 0 Å². The SMILES string of the molecule is CC1=CC(N(c2c(C)cccc2C)[Si](Br)(Br)Br)=C[Si](Br)(Br)N1c1c(C)cccc1C. The standard InChI is InChI=1S/C21H23Br5N2Si2/c1-14-8-6-9-15(2)20(14)27-18(5)12-19(13-29(27,22)23)28(30(24,25)26)21-16(3)10-7-11-17(21)4/h6-13H,1-5H3. The topological polar surface area (TPSA) is 6.48 Å². The number of para-hydroxylation sites is 2. The number of halogens is 5. The second-order valence-corrected chi connectivity index (χ2v) is 41.2. The van der Waals surface area contributed by atoms with Crippen molar-refractivity contribution >= 4 is 97.4 Å². The van der Waals surface area contributed by atoms with Gasteiger partial charge in [-0.25, -0.2) is 0 Å². The van der Waals surface area contributed by atoms with E-state index >= 15 is 0 Å². The first-order chi connectivity index (χ1) is 13.8. The lowest BCUT2D eigenvalue weighted by Gasteiger charge is -2.43. The Bertz CT molecular complexity index is 1000. The van der Waals surface area contributed by atoms with Gasteiger partial charge in [0.15, 0.2) is 0 Å². The van der Waals surface area contributed by atoms with E-state index in [1.54, 1.807) is 0 Å². The van der Waals surface area contributed by atoms with Crippen LogP contribution in [0.1, 0.15) is 29.2 Å². The molecule has 30 heavy (non-hydrogen) atoms. The van der Waals surface area contributed by atoms with E-state index in [-0.39, 0.29) is 0 Å². The average Bonchev–Trinajstić information content (AvgIpc) is 2.58. The van der Waals surface area contributed by atoms with Crippen LogP contribution in [0.2, 0.25) is 0 Å². The molecule has 2 nitrogen and oxygen atoms in total. The van der Waals surface area contributed by atoms with Crippen molar-refractivity contribution in [2.24, 2.45) is 0 Å². The Labute approximate surface area is 220 Å². The van der Waals surface area contributed by atoms with Gasteiger partial charge in [0.1, 0.15) is 0 Å². The number of allylic oxidation sites excluding steroid dienone is 2. The Morgan fingerprint density at radius 3 is 1.70 bits per heavy atom. The highest BCUT2D eigenvalue weighted by atomic mass is 80.0. The molecule has 0 amide bonds. The van der Waals surface area contributed by atoms with Crippen molar-refractivity contribution in [3.8, 4) is 0 Å². The summed E-state index contributed by atoms with van der Waals surface area (Å²) < 4.78 is 2.54. The van der Waals surface area contributed by atoms with E-state index in [1.807, 2.05) is 0 Å². The van der Waals surface area contributed by atoms with Gasteiger partial charge in [0, 0.05) is 22.8 Å². The fourth-order valence-corrected chi connectivity index (χ4v) is 14.6. The fraction of sp³-hybridized carbons (Fsp3) is 0.238. The van der Waals surface area contributed by atoms with Crippen LogP contribution < -0.4 is 9.13 Å². The zero-order chi connectivity index (χ0) is 22.4. The maximum Gasteiger partial charge on any atom is 0.377 e. The van der Waals surface area contributed by atoms with Crippen molar-refractivity contribution in [2.45, 2.75) is 34.6 Å². The summed E-state index contributed by atoms with van der Waals surface area (Å²) >= 11 is 20.0. The number of nitrogens with zero attached hydrogens (tertiary/aromatic N) is 2. The quantitative estimate of drug-likeness (QED) is 0.227. The first-order valence-electron chi connectivity index (χ1n) is 9.43. The molecule has 0 bridgehead atoms. The third kappa shape index (κ3) is 4.97. The molecule has 0 saturated heterocycles. The van der Waals surface area contributed by atoms with Gasteiger partial charge < -0.3 is 9.13 Å². The summed E-state index contributed by atoms with van der Waals surface area (Å²) in [6.45, 7) is 10.9. The van der Waals surface area contributed by atoms with E-state index in [9.17, 15) is 0 Å². The number of aryl methyl sites for hydroxylation is 4. The number of rotatable bonds is 4. The van der Waals surface area contributed by atoms with Crippen molar-refractivity contribution < 1.29 is 0 Å². The molecular formula is C21H23Br5N2Si2. The van der Waals surface area contributed by atoms with Gasteiger partial charge >= 0.3 is 9.57 Å². The highest BCUT2D eigenvalue weighted by Crippen LogP contribution is 2.47. The summed E-state index contributed by atoms with van der Waals surface area (Å²) in [5.41, 5.74) is 9.90. The first-order valence-corrected chi connectivity index (χ1v) is 24.7. The molecule has 0 unspecified atom stereocenters. The lowest BCUT2D eigenvalue weighted by molar-refractivity contribution is 1.15. The minimum atomic E-state index is -2.31. The van der Waals surface area contributed by atoms with Gasteiger partial charge in [-0.15, -0.1) is 0 Å². The van der Waals surface area contributed by atoms with Crippen molar-refractivity contribution in [3.05, 3.63) is 81.8 Å². The molecule has 0 fully saturated rings. The Balaban J connectivity index is 2.19. The third-order valence-corrected chi connectivity index (χ3v) is 14.7. The molecule has 0 spiro atoms. The zero-order valence-corrected chi connectivity index (χ0v) is 27.3. The second kappa shape index (κ2) is 9.31. The Morgan fingerprint density at radius 1 is 0.800 bits per heavy atom. The smallest absolute Gasteiger partial charge is 0.350 e. The van der Waals surface area contributed by atoms with Crippen molar-refractivity contribution in [2.75, 3.05) is 9.13 Å². The van der Waals surface area contributed by atoms with E-state index in [4.69, 9.17) is 0 Å². The Kier molecular flexibility index (Phi) is 7.75. The Hall–Kier alpha value is 0.354. The summed E-state index contributed by atoms with van der Waals surface area (Å²) in [5, 5.41) is 0. The molecule has 0 aromatic heterocycles. The van der Waals surface area contributed by atoms with Crippen LogP contribution in [0, 0.1) is 27.7 Å². The maximum absolute atomic E-state index is 4.10. The van der Waals surface area contributed by atoms with Gasteiger partial charge in [0.25, 0.3) is 0 Å². The molecule has 0 aliphatic carbocycles. The van der Waals surface area contributed by atoms with Gasteiger partial charge in [-0.2, -0.15) is 0 Å². The predicted molar refractivity (Wildman–Crippen MR) is 155 cm³/mol. The van der Waals surface area contributed by atoms with Crippen LogP contribution in [0.3, 0.4) is 0 Å². The zero-order valence-electron chi connectivity index (χ0n) is 17.4. The van der Waals surface area contributed by atoms with Gasteiger partial charge in [-0.1, -0.05) is 113 Å². The summed E-state index contributed by atoms with van der Waals surface area (Å²) in [7, 11) is 0. The van der Waals surface area contributed by atoms with Crippen LogP contribution in [-0.4, -0.2) is 9.57 Å². The highest BCUT2D eigenvalue weighted by Gasteiger charge is 2.43. The van der Waals surface area contributed by atoms with Crippen molar-refractivity contribution in [1.82, 2.24) is 0 Å². The van der Waals surface area contributed by atoms with E-state index in [0.29, 0.717) is 0 Å². The molecule has 3 rings (SSSR count). The number of benzene rings is 2. The monoisotopic (exact) mass is 754 g/mol. The van der Waals surface area contributed by atoms with Crippen LogP contribution in [0.4, 0.5) is 11.4 Å². The van der Waals surface area contributed by atoms with Gasteiger partial charge in [-0.05, 0) is 68.6 Å². The molecule has 160 valence electrons. The molecule has 1 aliphatic heterocycles. The molecule has 9 heteroatoms. The lowest BCUT2D eigenvalue weighted by atomic mass is 10.1. The average molecular weight is 759 g/mol. The number of hydrogen-bond donors (Lipinski definition) is 0. The lowest BCUT2D eigenvalue weighted by Crippen LogP contribution is -2.48. The molecule has 0 atom stereocenters. The fourth-order valence-electron chi connectivity index (χ4n) is 3.97. The predicted octanol–water partition coefficient (Wildman–Crippen LogP) is 8.92. The van der Waals surface area contributed by atoms with E-state index < -0.39 is 9.57 Å². The number of anilines is 2. The van der Waals surface area contributed by atoms with Crippen LogP contribution in [0.15, 0.2) is 59.6 Å². The maximum atomic E-state index is 4.10. The molecule has 1 heterocycles. The van der Waals surface area contributed by atoms with Crippen molar-refractivity contribution in [1.29, 1.82) is 0 Å². The Morgan fingerprint density at radius 2 is 1.27 bits per heavy atom. The molecule has 0 saturated carbocycles. The van der Waals surface area contributed by atoms with E-state index in [2.05, 4.69) is 168 Å². The molecule has 0 N–H and O–H groups in total. The molecular weight excluding hydrogens is 736 g/mol. The largest absolute Gasteiger partial charge is 0.377 e. The minimum Gasteiger partial charge on any atom is -0.350 e. The van der Waals surface area contributed by atoms with Gasteiger partial charge in [0.05, 0.1) is 0 Å². The summed E-state index contributed by atoms with van der Waals surface area (Å²) in [4.78, 5) is 0. The molecule has 1 aliphatic rings. The summed E-state index contributed by atoms with van der Waals surface area (Å²) in [5.74, 6) is 0. The van der Waals surface area contributed by atoms with Crippen LogP contribution >= 0.6 is 76.5 Å². The van der Waals surface area contributed by atoms with E-state index in [0.717, 1.165) is 5.70 Å². The van der Waals surface area contributed by atoms with Gasteiger partial charge in [-0.3, -0.25) is 0 Å².